The summed E-state index contributed by atoms with van der Waals surface area (Å²) < 4.78 is 5.50. The highest BCUT2D eigenvalue weighted by Gasteiger charge is 2.05. The fourth-order valence-electron chi connectivity index (χ4n) is 1.79. The van der Waals surface area contributed by atoms with Gasteiger partial charge in [0.1, 0.15) is 18.5 Å². The summed E-state index contributed by atoms with van der Waals surface area (Å²) in [4.78, 5) is 10.4. The zero-order chi connectivity index (χ0) is 14.9. The highest BCUT2D eigenvalue weighted by Crippen LogP contribution is 2.17. The molecule has 2 aromatic carbocycles. The van der Waals surface area contributed by atoms with Crippen molar-refractivity contribution in [3.8, 4) is 5.75 Å². The van der Waals surface area contributed by atoms with Gasteiger partial charge >= 0.3 is 0 Å². The Balaban J connectivity index is 1.77. The molecule has 0 radical (unpaired) electrons. The first-order valence-corrected chi connectivity index (χ1v) is 6.68. The van der Waals surface area contributed by atoms with E-state index in [0.717, 1.165) is 5.69 Å². The van der Waals surface area contributed by atoms with Gasteiger partial charge in [-0.2, -0.15) is 0 Å². The molecule has 0 aromatic heterocycles. The van der Waals surface area contributed by atoms with Gasteiger partial charge in [-0.1, -0.05) is 24.3 Å². The molecule has 0 aliphatic carbocycles. The molecular formula is C16H18N2O3. The van der Waals surface area contributed by atoms with Crippen molar-refractivity contribution in [1.29, 1.82) is 0 Å². The number of amides is 1. The summed E-state index contributed by atoms with van der Waals surface area (Å²) in [5.41, 5.74) is 1.60. The van der Waals surface area contributed by atoms with Gasteiger partial charge in [0.2, 0.25) is 6.41 Å². The van der Waals surface area contributed by atoms with E-state index in [9.17, 15) is 9.90 Å². The molecule has 0 aliphatic rings. The molecule has 0 bridgehead atoms. The third kappa shape index (κ3) is 5.16. The van der Waals surface area contributed by atoms with E-state index in [1.165, 1.54) is 0 Å². The summed E-state index contributed by atoms with van der Waals surface area (Å²) in [5, 5.41) is 15.6. The SMILES string of the molecule is O=CNc1cccc(OCC(O)CNc2ccccc2)c1. The largest absolute Gasteiger partial charge is 0.491 e. The average molecular weight is 286 g/mol. The third-order valence-electron chi connectivity index (χ3n) is 2.82. The van der Waals surface area contributed by atoms with E-state index in [2.05, 4.69) is 10.6 Å². The predicted molar refractivity (Wildman–Crippen MR) is 82.6 cm³/mol. The molecule has 0 saturated carbocycles. The third-order valence-corrected chi connectivity index (χ3v) is 2.82. The Morgan fingerprint density at radius 3 is 2.62 bits per heavy atom. The van der Waals surface area contributed by atoms with Crippen molar-refractivity contribution < 1.29 is 14.6 Å². The molecule has 0 saturated heterocycles. The number of hydrogen-bond donors (Lipinski definition) is 3. The van der Waals surface area contributed by atoms with Gasteiger partial charge in [0.05, 0.1) is 0 Å². The number of carbonyl (C=O) groups excluding carboxylic acids is 1. The summed E-state index contributed by atoms with van der Waals surface area (Å²) in [6.07, 6.45) is -0.0227. The van der Waals surface area contributed by atoms with E-state index in [0.29, 0.717) is 24.4 Å². The fraction of sp³-hybridized carbons (Fsp3) is 0.188. The van der Waals surface area contributed by atoms with Crippen LogP contribution in [0, 0.1) is 0 Å². The number of anilines is 2. The molecule has 21 heavy (non-hydrogen) atoms. The van der Waals surface area contributed by atoms with Crippen LogP contribution in [0.5, 0.6) is 5.75 Å². The maximum absolute atomic E-state index is 10.4. The predicted octanol–water partition coefficient (Wildman–Crippen LogP) is 2.11. The van der Waals surface area contributed by atoms with E-state index in [-0.39, 0.29) is 6.61 Å². The zero-order valence-corrected chi connectivity index (χ0v) is 11.5. The minimum atomic E-state index is -0.632. The standard InChI is InChI=1S/C16H18N2O3/c19-12-18-14-7-4-8-16(9-14)21-11-15(20)10-17-13-5-2-1-3-6-13/h1-9,12,15,17,20H,10-11H2,(H,18,19). The van der Waals surface area contributed by atoms with E-state index in [1.807, 2.05) is 30.3 Å². The van der Waals surface area contributed by atoms with Crippen LogP contribution in [0.4, 0.5) is 11.4 Å². The average Bonchev–Trinajstić information content (AvgIpc) is 2.53. The maximum Gasteiger partial charge on any atom is 0.211 e. The van der Waals surface area contributed by atoms with Crippen LogP contribution in [0.1, 0.15) is 0 Å². The highest BCUT2D eigenvalue weighted by atomic mass is 16.5. The minimum Gasteiger partial charge on any atom is -0.491 e. The van der Waals surface area contributed by atoms with Gasteiger partial charge in [-0.3, -0.25) is 4.79 Å². The van der Waals surface area contributed by atoms with Gasteiger partial charge < -0.3 is 20.5 Å². The van der Waals surface area contributed by atoms with E-state index in [4.69, 9.17) is 4.74 Å². The molecular weight excluding hydrogens is 268 g/mol. The molecule has 2 aromatic rings. The summed E-state index contributed by atoms with van der Waals surface area (Å²) >= 11 is 0. The van der Waals surface area contributed by atoms with Crippen LogP contribution in [0.3, 0.4) is 0 Å². The Kier molecular flexibility index (Phi) is 5.60. The Morgan fingerprint density at radius 2 is 1.86 bits per heavy atom. The summed E-state index contributed by atoms with van der Waals surface area (Å²) in [7, 11) is 0. The maximum atomic E-state index is 10.4. The summed E-state index contributed by atoms with van der Waals surface area (Å²) in [6.45, 7) is 0.570. The van der Waals surface area contributed by atoms with Crippen LogP contribution in [0.15, 0.2) is 54.6 Å². The van der Waals surface area contributed by atoms with Crippen molar-refractivity contribution >= 4 is 17.8 Å². The smallest absolute Gasteiger partial charge is 0.211 e. The first-order valence-electron chi connectivity index (χ1n) is 6.68. The molecule has 1 amide bonds. The van der Waals surface area contributed by atoms with Crippen LogP contribution < -0.4 is 15.4 Å². The number of carbonyl (C=O) groups is 1. The van der Waals surface area contributed by atoms with Gasteiger partial charge in [0.15, 0.2) is 0 Å². The van der Waals surface area contributed by atoms with Crippen molar-refractivity contribution in [3.63, 3.8) is 0 Å². The Bertz CT molecular complexity index is 560. The molecule has 3 N–H and O–H groups in total. The van der Waals surface area contributed by atoms with E-state index in [1.54, 1.807) is 24.3 Å². The van der Waals surface area contributed by atoms with E-state index >= 15 is 0 Å². The molecule has 0 heterocycles. The Morgan fingerprint density at radius 1 is 1.10 bits per heavy atom. The first-order chi connectivity index (χ1) is 10.3. The Hall–Kier alpha value is -2.53. The van der Waals surface area contributed by atoms with Crippen LogP contribution in [-0.4, -0.2) is 30.8 Å². The van der Waals surface area contributed by atoms with Crippen LogP contribution >= 0.6 is 0 Å². The summed E-state index contributed by atoms with van der Waals surface area (Å²) in [5.74, 6) is 0.598. The van der Waals surface area contributed by atoms with Gasteiger partial charge in [0, 0.05) is 24.0 Å². The molecule has 110 valence electrons. The van der Waals surface area contributed by atoms with Gasteiger partial charge in [0.25, 0.3) is 0 Å². The number of hydrogen-bond acceptors (Lipinski definition) is 4. The molecule has 0 aliphatic heterocycles. The molecule has 0 spiro atoms. The molecule has 1 atom stereocenters. The number of rotatable bonds is 8. The van der Waals surface area contributed by atoms with Crippen molar-refractivity contribution in [2.75, 3.05) is 23.8 Å². The van der Waals surface area contributed by atoms with Crippen molar-refractivity contribution in [1.82, 2.24) is 0 Å². The van der Waals surface area contributed by atoms with Gasteiger partial charge in [-0.05, 0) is 24.3 Å². The lowest BCUT2D eigenvalue weighted by molar-refractivity contribution is -0.105. The molecule has 2 rings (SSSR count). The topological polar surface area (TPSA) is 70.6 Å². The van der Waals surface area contributed by atoms with Crippen LogP contribution in [-0.2, 0) is 4.79 Å². The molecule has 1 unspecified atom stereocenters. The number of ether oxygens (including phenoxy) is 1. The first kappa shape index (κ1) is 14.9. The minimum absolute atomic E-state index is 0.171. The number of aliphatic hydroxyl groups is 1. The van der Waals surface area contributed by atoms with Crippen molar-refractivity contribution in [2.24, 2.45) is 0 Å². The zero-order valence-electron chi connectivity index (χ0n) is 11.5. The number of benzene rings is 2. The van der Waals surface area contributed by atoms with Crippen LogP contribution in [0.2, 0.25) is 0 Å². The van der Waals surface area contributed by atoms with E-state index < -0.39 is 6.10 Å². The lowest BCUT2D eigenvalue weighted by atomic mass is 10.3. The normalized spacial score (nSPS) is 11.5. The van der Waals surface area contributed by atoms with Crippen molar-refractivity contribution in [3.05, 3.63) is 54.6 Å². The lowest BCUT2D eigenvalue weighted by Gasteiger charge is -2.14. The second-order valence-corrected chi connectivity index (χ2v) is 4.50. The Labute approximate surface area is 123 Å². The lowest BCUT2D eigenvalue weighted by Crippen LogP contribution is -2.26. The molecule has 5 nitrogen and oxygen atoms in total. The number of aliphatic hydroxyl groups excluding tert-OH is 1. The second kappa shape index (κ2) is 7.91. The highest BCUT2D eigenvalue weighted by molar-refractivity contribution is 5.71. The quantitative estimate of drug-likeness (QED) is 0.650. The van der Waals surface area contributed by atoms with Gasteiger partial charge in [-0.15, -0.1) is 0 Å². The number of para-hydroxylation sites is 1. The van der Waals surface area contributed by atoms with Crippen LogP contribution in [0.25, 0.3) is 0 Å². The molecule has 0 fully saturated rings. The molecule has 5 heteroatoms. The second-order valence-electron chi connectivity index (χ2n) is 4.50. The number of nitrogens with one attached hydrogen (secondary N) is 2. The van der Waals surface area contributed by atoms with Crippen molar-refractivity contribution in [2.45, 2.75) is 6.10 Å². The monoisotopic (exact) mass is 286 g/mol. The van der Waals surface area contributed by atoms with Gasteiger partial charge in [-0.25, -0.2) is 0 Å². The summed E-state index contributed by atoms with van der Waals surface area (Å²) in [6, 6.07) is 16.7. The fourth-order valence-corrected chi connectivity index (χ4v) is 1.79.